The van der Waals surface area contributed by atoms with E-state index >= 15 is 0 Å². The predicted molar refractivity (Wildman–Crippen MR) is 182 cm³/mol. The van der Waals surface area contributed by atoms with Crippen molar-refractivity contribution in [1.29, 1.82) is 0 Å². The average Bonchev–Trinajstić information content (AvgIpc) is 3.32. The second-order valence-electron chi connectivity index (χ2n) is 12.7. The van der Waals surface area contributed by atoms with Crippen LogP contribution < -0.4 is 38.8 Å². The first-order valence-electron chi connectivity index (χ1n) is 17.7. The van der Waals surface area contributed by atoms with Gasteiger partial charge in [-0.25, -0.2) is 8.42 Å². The summed E-state index contributed by atoms with van der Waals surface area (Å²) in [5.74, 6) is 0. The molecule has 3 rings (SSSR count). The summed E-state index contributed by atoms with van der Waals surface area (Å²) in [4.78, 5) is 2.09. The molecule has 0 fully saturated rings. The Bertz CT molecular complexity index is 1100. The van der Waals surface area contributed by atoms with Gasteiger partial charge in [-0.1, -0.05) is 178 Å². The molecule has 2 aromatic carbocycles. The molecule has 0 saturated carbocycles. The molecule has 7 heteroatoms. The SMILES string of the molecule is CCCCCCCCCCCCCCCCCCCCCCCC1N(Cc2ccccc2)c2ccccc2N1S(=O)(=O)[O-].[Na+]. The Kier molecular flexibility index (Phi) is 20.7. The minimum absolute atomic E-state index is 0. The van der Waals surface area contributed by atoms with Crippen molar-refractivity contribution in [1.82, 2.24) is 0 Å². The second-order valence-corrected chi connectivity index (χ2v) is 13.9. The zero-order valence-electron chi connectivity index (χ0n) is 28.1. The molecule has 1 aliphatic heterocycles. The van der Waals surface area contributed by atoms with Crippen LogP contribution in [0.25, 0.3) is 0 Å². The summed E-state index contributed by atoms with van der Waals surface area (Å²) >= 11 is 0. The maximum absolute atomic E-state index is 12.4. The third kappa shape index (κ3) is 14.6. The maximum Gasteiger partial charge on any atom is 1.00 e. The number of fused-ring (bicyclic) bond motifs is 1. The van der Waals surface area contributed by atoms with E-state index in [1.165, 1.54) is 122 Å². The third-order valence-electron chi connectivity index (χ3n) is 9.06. The summed E-state index contributed by atoms with van der Waals surface area (Å²) < 4.78 is 38.2. The molecular formula is C37H59N2NaO3S. The van der Waals surface area contributed by atoms with Gasteiger partial charge in [0.15, 0.2) is 10.3 Å². The number of nitrogens with zero attached hydrogens (tertiary/aromatic N) is 2. The van der Waals surface area contributed by atoms with Crippen molar-refractivity contribution in [2.24, 2.45) is 0 Å². The number of benzene rings is 2. The zero-order chi connectivity index (χ0) is 30.6. The van der Waals surface area contributed by atoms with Gasteiger partial charge in [0, 0.05) is 6.54 Å². The first-order valence-corrected chi connectivity index (χ1v) is 19.0. The van der Waals surface area contributed by atoms with Crippen LogP contribution in [0.4, 0.5) is 11.4 Å². The fraction of sp³-hybridized carbons (Fsp3) is 0.676. The topological polar surface area (TPSA) is 63.7 Å². The van der Waals surface area contributed by atoms with Gasteiger partial charge in [0.05, 0.1) is 11.4 Å². The molecule has 0 N–H and O–H groups in total. The second kappa shape index (κ2) is 23.3. The number of rotatable bonds is 25. The van der Waals surface area contributed by atoms with Gasteiger partial charge in [-0.15, -0.1) is 0 Å². The van der Waals surface area contributed by atoms with E-state index in [1.54, 1.807) is 12.1 Å². The largest absolute Gasteiger partial charge is 1.00 e. The van der Waals surface area contributed by atoms with E-state index in [-0.39, 0.29) is 29.6 Å². The van der Waals surface area contributed by atoms with E-state index in [4.69, 9.17) is 0 Å². The molecule has 2 aromatic rings. The van der Waals surface area contributed by atoms with Gasteiger partial charge < -0.3 is 9.45 Å². The van der Waals surface area contributed by atoms with Crippen LogP contribution in [0.1, 0.15) is 154 Å². The summed E-state index contributed by atoms with van der Waals surface area (Å²) in [6, 6.07) is 17.5. The van der Waals surface area contributed by atoms with E-state index < -0.39 is 16.5 Å². The maximum atomic E-state index is 12.4. The Hall–Kier alpha value is -1.05. The van der Waals surface area contributed by atoms with Gasteiger partial charge >= 0.3 is 29.6 Å². The van der Waals surface area contributed by atoms with E-state index in [0.29, 0.717) is 18.7 Å². The molecule has 0 aromatic heterocycles. The van der Waals surface area contributed by atoms with E-state index in [9.17, 15) is 13.0 Å². The molecule has 0 spiro atoms. The molecule has 0 bridgehead atoms. The number of hydrogen-bond donors (Lipinski definition) is 0. The van der Waals surface area contributed by atoms with Crippen LogP contribution in [-0.4, -0.2) is 19.1 Å². The molecule has 44 heavy (non-hydrogen) atoms. The molecule has 5 nitrogen and oxygen atoms in total. The zero-order valence-corrected chi connectivity index (χ0v) is 30.9. The van der Waals surface area contributed by atoms with Crippen LogP contribution in [0.15, 0.2) is 54.6 Å². The van der Waals surface area contributed by atoms with Crippen molar-refractivity contribution in [3.8, 4) is 0 Å². The monoisotopic (exact) mass is 634 g/mol. The smallest absolute Gasteiger partial charge is 0.731 e. The Labute approximate surface area is 292 Å². The van der Waals surface area contributed by atoms with Crippen molar-refractivity contribution in [3.05, 3.63) is 60.2 Å². The quantitative estimate of drug-likeness (QED) is 0.0633. The average molecular weight is 635 g/mol. The summed E-state index contributed by atoms with van der Waals surface area (Å²) in [6.45, 7) is 2.86. The Morgan fingerprint density at radius 2 is 0.955 bits per heavy atom. The Morgan fingerprint density at radius 3 is 1.39 bits per heavy atom. The molecule has 1 heterocycles. The number of para-hydroxylation sites is 2. The van der Waals surface area contributed by atoms with Crippen LogP contribution in [0.5, 0.6) is 0 Å². The van der Waals surface area contributed by atoms with Gasteiger partial charge in [-0.2, -0.15) is 0 Å². The summed E-state index contributed by atoms with van der Waals surface area (Å²) in [5, 5.41) is 0. The van der Waals surface area contributed by atoms with Gasteiger partial charge in [0.2, 0.25) is 0 Å². The number of hydrogen-bond acceptors (Lipinski definition) is 4. The predicted octanol–water partition coefficient (Wildman–Crippen LogP) is 7.91. The minimum atomic E-state index is -4.63. The molecule has 0 radical (unpaired) electrons. The van der Waals surface area contributed by atoms with Crippen molar-refractivity contribution < 1.29 is 42.5 Å². The number of anilines is 2. The summed E-state index contributed by atoms with van der Waals surface area (Å²) in [7, 11) is -4.63. The Morgan fingerprint density at radius 1 is 0.568 bits per heavy atom. The van der Waals surface area contributed by atoms with E-state index in [2.05, 4.69) is 11.8 Å². The van der Waals surface area contributed by atoms with E-state index in [1.807, 2.05) is 42.5 Å². The molecule has 0 amide bonds. The Balaban J connectivity index is 0.00000675. The van der Waals surface area contributed by atoms with Crippen LogP contribution in [0.2, 0.25) is 0 Å². The first kappa shape index (κ1) is 39.1. The van der Waals surface area contributed by atoms with Crippen LogP contribution in [-0.2, 0) is 16.8 Å². The van der Waals surface area contributed by atoms with Crippen molar-refractivity contribution >= 4 is 21.7 Å². The number of unbranched alkanes of at least 4 members (excludes halogenated alkanes) is 20. The molecule has 0 aliphatic carbocycles. The van der Waals surface area contributed by atoms with Gasteiger partial charge in [-0.05, 0) is 30.5 Å². The normalized spacial score (nSPS) is 14.5. The van der Waals surface area contributed by atoms with Crippen LogP contribution in [0.3, 0.4) is 0 Å². The molecular weight excluding hydrogens is 575 g/mol. The van der Waals surface area contributed by atoms with Gasteiger partial charge in [0.25, 0.3) is 0 Å². The molecule has 242 valence electrons. The minimum Gasteiger partial charge on any atom is -0.731 e. The molecule has 1 aliphatic rings. The molecule has 1 atom stereocenters. The van der Waals surface area contributed by atoms with E-state index in [0.717, 1.165) is 28.4 Å². The standard InChI is InChI=1S/C37H60N2O3S.Na/c1-2-3-4-5-6-7-8-9-10-11-12-13-14-15-16-17-18-19-20-21-25-32-37-38(33-34-28-23-22-24-29-34)35-30-26-27-31-36(35)39(37)43(40,41)42;/h22-24,26-31,37H,2-21,25,32-33H2,1H3,(H,40,41,42);/q;+1/p-1. The summed E-state index contributed by atoms with van der Waals surface area (Å²) in [5.41, 5.74) is 2.42. The van der Waals surface area contributed by atoms with Crippen molar-refractivity contribution in [2.45, 2.75) is 161 Å². The third-order valence-corrected chi connectivity index (χ3v) is 9.98. The fourth-order valence-corrected chi connectivity index (χ4v) is 7.53. The van der Waals surface area contributed by atoms with Crippen LogP contribution in [0, 0.1) is 0 Å². The van der Waals surface area contributed by atoms with Gasteiger partial charge in [0.1, 0.15) is 6.17 Å². The molecule has 1 unspecified atom stereocenters. The van der Waals surface area contributed by atoms with Crippen LogP contribution >= 0.6 is 0 Å². The van der Waals surface area contributed by atoms with Crippen molar-refractivity contribution in [3.63, 3.8) is 0 Å². The van der Waals surface area contributed by atoms with Gasteiger partial charge in [-0.3, -0.25) is 4.31 Å². The molecule has 0 saturated heterocycles. The first-order chi connectivity index (χ1) is 21.0. The fourth-order valence-electron chi connectivity index (χ4n) is 6.61. The van der Waals surface area contributed by atoms with Crippen molar-refractivity contribution in [2.75, 3.05) is 9.21 Å². The summed E-state index contributed by atoms with van der Waals surface area (Å²) in [6.07, 6.45) is 28.3.